The number of carbonyl (C=O) groups is 4. The van der Waals surface area contributed by atoms with Crippen LogP contribution in [-0.4, -0.2) is 53.6 Å². The summed E-state index contributed by atoms with van der Waals surface area (Å²) < 4.78 is 0. The number of fused-ring (bicyclic) bond motifs is 1. The van der Waals surface area contributed by atoms with Gasteiger partial charge in [-0.1, -0.05) is 30.5 Å². The van der Waals surface area contributed by atoms with Crippen molar-refractivity contribution in [1.82, 2.24) is 9.80 Å². The second kappa shape index (κ2) is 8.54. The van der Waals surface area contributed by atoms with E-state index in [4.69, 9.17) is 0 Å². The fourth-order valence-corrected chi connectivity index (χ4v) is 3.99. The van der Waals surface area contributed by atoms with Crippen LogP contribution in [-0.2, 0) is 19.2 Å². The number of carbonyl (C=O) groups excluding carboxylic acids is 4. The highest BCUT2D eigenvalue weighted by atomic mass is 16.2. The molecule has 1 heterocycles. The molecule has 7 nitrogen and oxygen atoms in total. The molecule has 2 fully saturated rings. The van der Waals surface area contributed by atoms with Crippen molar-refractivity contribution in [1.29, 1.82) is 0 Å². The van der Waals surface area contributed by atoms with Crippen LogP contribution in [0.4, 0.5) is 5.69 Å². The number of nitrogens with zero attached hydrogens (tertiary/aromatic N) is 2. The average Bonchev–Trinajstić information content (AvgIpc) is 2.92. The summed E-state index contributed by atoms with van der Waals surface area (Å²) in [5.74, 6) is -1.23. The van der Waals surface area contributed by atoms with Crippen molar-refractivity contribution in [3.63, 3.8) is 0 Å². The minimum atomic E-state index is -0.293. The number of anilines is 1. The van der Waals surface area contributed by atoms with Gasteiger partial charge in [0, 0.05) is 25.7 Å². The molecule has 1 saturated heterocycles. The normalized spacial score (nSPS) is 21.4. The Morgan fingerprint density at radius 3 is 2.21 bits per heavy atom. The molecular weight excluding hydrogens is 358 g/mol. The molecule has 1 saturated carbocycles. The van der Waals surface area contributed by atoms with E-state index in [1.165, 1.54) is 9.80 Å². The molecule has 7 heteroatoms. The molecule has 1 aliphatic heterocycles. The van der Waals surface area contributed by atoms with Crippen LogP contribution in [0.25, 0.3) is 0 Å². The Labute approximate surface area is 165 Å². The Balaban J connectivity index is 1.47. The molecule has 3 rings (SSSR count). The van der Waals surface area contributed by atoms with Crippen LogP contribution in [0.5, 0.6) is 0 Å². The number of rotatable bonds is 6. The van der Waals surface area contributed by atoms with E-state index in [-0.39, 0.29) is 55.0 Å². The first-order valence-corrected chi connectivity index (χ1v) is 9.82. The molecule has 2 atom stereocenters. The lowest BCUT2D eigenvalue weighted by atomic mass is 9.81. The summed E-state index contributed by atoms with van der Waals surface area (Å²) in [5.41, 5.74) is 1.77. The Kier molecular flexibility index (Phi) is 6.11. The summed E-state index contributed by atoms with van der Waals surface area (Å²) in [7, 11) is 1.55. The largest absolute Gasteiger partial charge is 0.336 e. The quantitative estimate of drug-likeness (QED) is 0.759. The summed E-state index contributed by atoms with van der Waals surface area (Å²) in [6.07, 6.45) is 3.51. The first-order valence-electron chi connectivity index (χ1n) is 9.82. The second-order valence-electron chi connectivity index (χ2n) is 7.74. The summed E-state index contributed by atoms with van der Waals surface area (Å²) in [6, 6.07) is 7.40. The van der Waals surface area contributed by atoms with Gasteiger partial charge in [0.15, 0.2) is 0 Å². The molecular formula is C21H27N3O4. The van der Waals surface area contributed by atoms with Crippen LogP contribution in [0.1, 0.15) is 37.7 Å². The molecule has 1 aliphatic carbocycles. The van der Waals surface area contributed by atoms with E-state index < -0.39 is 0 Å². The van der Waals surface area contributed by atoms with Gasteiger partial charge in [0.2, 0.25) is 23.6 Å². The molecule has 0 unspecified atom stereocenters. The van der Waals surface area contributed by atoms with Gasteiger partial charge in [-0.15, -0.1) is 0 Å². The van der Waals surface area contributed by atoms with Crippen LogP contribution >= 0.6 is 0 Å². The molecule has 0 radical (unpaired) electrons. The van der Waals surface area contributed by atoms with Crippen LogP contribution < -0.4 is 5.32 Å². The number of benzene rings is 1. The summed E-state index contributed by atoms with van der Waals surface area (Å²) in [4.78, 5) is 52.0. The number of imide groups is 1. The van der Waals surface area contributed by atoms with E-state index in [2.05, 4.69) is 5.32 Å². The summed E-state index contributed by atoms with van der Waals surface area (Å²) in [5, 5.41) is 2.75. The number of hydrogen-bond acceptors (Lipinski definition) is 4. The smallest absolute Gasteiger partial charge is 0.243 e. The maximum Gasteiger partial charge on any atom is 0.243 e. The highest BCUT2D eigenvalue weighted by Gasteiger charge is 2.47. The Morgan fingerprint density at radius 1 is 1.07 bits per heavy atom. The predicted octanol–water partition coefficient (Wildman–Crippen LogP) is 1.96. The van der Waals surface area contributed by atoms with Gasteiger partial charge < -0.3 is 10.2 Å². The summed E-state index contributed by atoms with van der Waals surface area (Å²) >= 11 is 0. The number of likely N-dealkylation sites (N-methyl/N-ethyl adjacent to an activating group) is 1. The highest BCUT2D eigenvalue weighted by Crippen LogP contribution is 2.37. The van der Waals surface area contributed by atoms with E-state index in [1.807, 2.05) is 19.1 Å². The minimum absolute atomic E-state index is 0.0330. The SMILES string of the molecule is Cc1ccc(NC(=O)CN(C)C(=O)CCN2C(=O)[C@@H]3CCCC[C@H]3C2=O)cc1. The van der Waals surface area contributed by atoms with Crippen molar-refractivity contribution in [2.75, 3.05) is 25.5 Å². The van der Waals surface area contributed by atoms with Crippen LogP contribution in [0, 0.1) is 18.8 Å². The van der Waals surface area contributed by atoms with Gasteiger partial charge in [0.1, 0.15) is 0 Å². The van der Waals surface area contributed by atoms with Gasteiger partial charge in [-0.05, 0) is 31.9 Å². The van der Waals surface area contributed by atoms with E-state index in [0.29, 0.717) is 5.69 Å². The third-order valence-corrected chi connectivity index (χ3v) is 5.62. The van der Waals surface area contributed by atoms with Crippen molar-refractivity contribution >= 4 is 29.3 Å². The van der Waals surface area contributed by atoms with E-state index >= 15 is 0 Å². The van der Waals surface area contributed by atoms with Gasteiger partial charge in [0.05, 0.1) is 18.4 Å². The van der Waals surface area contributed by atoms with Gasteiger partial charge in [-0.3, -0.25) is 24.1 Å². The molecule has 4 amide bonds. The fourth-order valence-electron chi connectivity index (χ4n) is 3.99. The topological polar surface area (TPSA) is 86.8 Å². The van der Waals surface area contributed by atoms with Crippen molar-refractivity contribution in [2.45, 2.75) is 39.0 Å². The zero-order chi connectivity index (χ0) is 20.3. The third-order valence-electron chi connectivity index (χ3n) is 5.62. The van der Waals surface area contributed by atoms with Gasteiger partial charge >= 0.3 is 0 Å². The molecule has 0 spiro atoms. The standard InChI is InChI=1S/C21H27N3O4/c1-14-7-9-15(10-8-14)22-18(25)13-23(2)19(26)11-12-24-20(27)16-5-3-4-6-17(16)21(24)28/h7-10,16-17H,3-6,11-13H2,1-2H3,(H,22,25)/t16-,17-/m1/s1. The van der Waals surface area contributed by atoms with Crippen molar-refractivity contribution < 1.29 is 19.2 Å². The van der Waals surface area contributed by atoms with Crippen LogP contribution in [0.3, 0.4) is 0 Å². The molecule has 1 aromatic carbocycles. The predicted molar refractivity (Wildman–Crippen MR) is 104 cm³/mol. The van der Waals surface area contributed by atoms with Gasteiger partial charge in [-0.25, -0.2) is 0 Å². The third kappa shape index (κ3) is 4.40. The maximum absolute atomic E-state index is 12.5. The monoisotopic (exact) mass is 385 g/mol. The van der Waals surface area contributed by atoms with Crippen LogP contribution in [0.2, 0.25) is 0 Å². The average molecular weight is 385 g/mol. The van der Waals surface area contributed by atoms with Gasteiger partial charge in [0.25, 0.3) is 0 Å². The van der Waals surface area contributed by atoms with E-state index in [0.717, 1.165) is 31.2 Å². The zero-order valence-electron chi connectivity index (χ0n) is 16.4. The Morgan fingerprint density at radius 2 is 1.64 bits per heavy atom. The molecule has 2 aliphatic rings. The lowest BCUT2D eigenvalue weighted by Gasteiger charge is -2.19. The molecule has 0 aromatic heterocycles. The molecule has 0 bridgehead atoms. The lowest BCUT2D eigenvalue weighted by molar-refractivity contribution is -0.141. The lowest BCUT2D eigenvalue weighted by Crippen LogP contribution is -2.38. The van der Waals surface area contributed by atoms with Crippen molar-refractivity contribution in [3.8, 4) is 0 Å². The number of likely N-dealkylation sites (tertiary alicyclic amines) is 1. The maximum atomic E-state index is 12.5. The Bertz CT molecular complexity index is 750. The molecule has 1 N–H and O–H groups in total. The number of aryl methyl sites for hydroxylation is 1. The van der Waals surface area contributed by atoms with Gasteiger partial charge in [-0.2, -0.15) is 0 Å². The Hall–Kier alpha value is -2.70. The number of nitrogens with one attached hydrogen (secondary N) is 1. The zero-order valence-corrected chi connectivity index (χ0v) is 16.4. The van der Waals surface area contributed by atoms with Crippen molar-refractivity contribution in [3.05, 3.63) is 29.8 Å². The molecule has 1 aromatic rings. The first kappa shape index (κ1) is 20.0. The van der Waals surface area contributed by atoms with E-state index in [1.54, 1.807) is 19.2 Å². The molecule has 150 valence electrons. The fraction of sp³-hybridized carbons (Fsp3) is 0.524. The van der Waals surface area contributed by atoms with Crippen LogP contribution in [0.15, 0.2) is 24.3 Å². The highest BCUT2D eigenvalue weighted by molar-refractivity contribution is 6.05. The number of amides is 4. The number of hydrogen-bond donors (Lipinski definition) is 1. The first-order chi connectivity index (χ1) is 13.4. The minimum Gasteiger partial charge on any atom is -0.336 e. The van der Waals surface area contributed by atoms with E-state index in [9.17, 15) is 19.2 Å². The second-order valence-corrected chi connectivity index (χ2v) is 7.74. The van der Waals surface area contributed by atoms with Crippen molar-refractivity contribution in [2.24, 2.45) is 11.8 Å². The molecule has 28 heavy (non-hydrogen) atoms. The summed E-state index contributed by atoms with van der Waals surface area (Å²) in [6.45, 7) is 1.97.